The average molecular weight is 239 g/mol. The van der Waals surface area contributed by atoms with Gasteiger partial charge in [-0.15, -0.1) is 0 Å². The van der Waals surface area contributed by atoms with Crippen molar-refractivity contribution in [2.45, 2.75) is 25.6 Å². The van der Waals surface area contributed by atoms with Crippen LogP contribution in [0.4, 0.5) is 0 Å². The van der Waals surface area contributed by atoms with Crippen LogP contribution in [-0.4, -0.2) is 4.83 Å². The first-order valence-corrected chi connectivity index (χ1v) is 5.40. The van der Waals surface area contributed by atoms with Gasteiger partial charge in [0.1, 0.15) is 0 Å². The summed E-state index contributed by atoms with van der Waals surface area (Å²) in [6, 6.07) is 8.53. The lowest BCUT2D eigenvalue weighted by Crippen LogP contribution is -1.90. The van der Waals surface area contributed by atoms with Crippen molar-refractivity contribution in [3.63, 3.8) is 0 Å². The van der Waals surface area contributed by atoms with Crippen LogP contribution in [0.15, 0.2) is 29.8 Å². The number of aryl methyl sites for hydroxylation is 1. The summed E-state index contributed by atoms with van der Waals surface area (Å²) in [6.07, 6.45) is 2.21. The molecule has 0 bridgehead atoms. The lowest BCUT2D eigenvalue weighted by atomic mass is 10.1. The molecule has 1 atom stereocenters. The average Bonchev–Trinajstić information content (AvgIpc) is 2.04. The van der Waals surface area contributed by atoms with Crippen LogP contribution in [0, 0.1) is 6.92 Å². The molecule has 13 heavy (non-hydrogen) atoms. The molecule has 0 spiro atoms. The molecule has 1 heteroatoms. The topological polar surface area (TPSA) is 0 Å². The molecule has 0 aliphatic rings. The number of rotatable bonds is 2. The van der Waals surface area contributed by atoms with Crippen molar-refractivity contribution >= 4 is 22.0 Å². The fraction of sp³-hybridized carbons (Fsp3) is 0.333. The fourth-order valence-corrected chi connectivity index (χ4v) is 1.27. The second kappa shape index (κ2) is 4.61. The van der Waals surface area contributed by atoms with Crippen LogP contribution in [0.2, 0.25) is 0 Å². The van der Waals surface area contributed by atoms with E-state index in [-0.39, 0.29) is 0 Å². The highest BCUT2D eigenvalue weighted by atomic mass is 79.9. The Morgan fingerprint density at radius 1 is 1.46 bits per heavy atom. The van der Waals surface area contributed by atoms with Crippen molar-refractivity contribution in [3.05, 3.63) is 41.0 Å². The number of alkyl halides is 1. The Hall–Kier alpha value is -0.560. The highest BCUT2D eigenvalue weighted by Crippen LogP contribution is 2.15. The Morgan fingerprint density at radius 3 is 2.69 bits per heavy atom. The minimum Gasteiger partial charge on any atom is -0.0845 e. The van der Waals surface area contributed by atoms with Crippen LogP contribution in [0.1, 0.15) is 25.0 Å². The standard InChI is InChI=1S/C12H15Br/c1-9-5-4-6-12(7-9)8-10(2)11(3)13/h4-8,11H,1-3H3/b10-8+. The summed E-state index contributed by atoms with van der Waals surface area (Å²) in [7, 11) is 0. The monoisotopic (exact) mass is 238 g/mol. The van der Waals surface area contributed by atoms with Crippen molar-refractivity contribution < 1.29 is 0 Å². The molecule has 0 N–H and O–H groups in total. The predicted molar refractivity (Wildman–Crippen MR) is 63.2 cm³/mol. The molecule has 0 heterocycles. The molecule has 0 aromatic heterocycles. The Labute approximate surface area is 88.8 Å². The zero-order valence-corrected chi connectivity index (χ0v) is 9.93. The van der Waals surface area contributed by atoms with Gasteiger partial charge < -0.3 is 0 Å². The summed E-state index contributed by atoms with van der Waals surface area (Å²) in [5.74, 6) is 0. The summed E-state index contributed by atoms with van der Waals surface area (Å²) >= 11 is 3.55. The third-order valence-electron chi connectivity index (χ3n) is 2.06. The summed E-state index contributed by atoms with van der Waals surface area (Å²) < 4.78 is 0. The maximum Gasteiger partial charge on any atom is 0.0326 e. The first-order chi connectivity index (χ1) is 6.09. The quantitative estimate of drug-likeness (QED) is 0.679. The smallest absolute Gasteiger partial charge is 0.0326 e. The number of halogens is 1. The lowest BCUT2D eigenvalue weighted by Gasteiger charge is -2.03. The van der Waals surface area contributed by atoms with E-state index in [1.807, 2.05) is 0 Å². The second-order valence-corrected chi connectivity index (χ2v) is 4.79. The first kappa shape index (κ1) is 10.5. The number of allylic oxidation sites excluding steroid dienone is 1. The van der Waals surface area contributed by atoms with Gasteiger partial charge in [-0.25, -0.2) is 0 Å². The molecular formula is C12H15Br. The van der Waals surface area contributed by atoms with Gasteiger partial charge in [0, 0.05) is 4.83 Å². The van der Waals surface area contributed by atoms with Gasteiger partial charge >= 0.3 is 0 Å². The van der Waals surface area contributed by atoms with Gasteiger partial charge in [-0.05, 0) is 26.3 Å². The van der Waals surface area contributed by atoms with Gasteiger partial charge in [0.15, 0.2) is 0 Å². The minimum absolute atomic E-state index is 0.452. The van der Waals surface area contributed by atoms with Crippen molar-refractivity contribution in [1.82, 2.24) is 0 Å². The SMILES string of the molecule is C/C(=C\c1cccc(C)c1)C(C)Br. The summed E-state index contributed by atoms with van der Waals surface area (Å²) in [6.45, 7) is 6.40. The molecule has 0 nitrogen and oxygen atoms in total. The lowest BCUT2D eigenvalue weighted by molar-refractivity contribution is 1.16. The van der Waals surface area contributed by atoms with Gasteiger partial charge in [0.25, 0.3) is 0 Å². The molecule has 0 saturated carbocycles. The molecule has 1 unspecified atom stereocenters. The van der Waals surface area contributed by atoms with Gasteiger partial charge in [-0.3, -0.25) is 0 Å². The Kier molecular flexibility index (Phi) is 3.73. The maximum absolute atomic E-state index is 3.55. The molecule has 0 fully saturated rings. The molecular weight excluding hydrogens is 224 g/mol. The number of benzene rings is 1. The minimum atomic E-state index is 0.452. The normalized spacial score (nSPS) is 14.3. The van der Waals surface area contributed by atoms with Crippen LogP contribution in [0.25, 0.3) is 6.08 Å². The van der Waals surface area contributed by atoms with Crippen molar-refractivity contribution in [1.29, 1.82) is 0 Å². The summed E-state index contributed by atoms with van der Waals surface area (Å²) in [5.41, 5.74) is 3.94. The zero-order chi connectivity index (χ0) is 9.84. The van der Waals surface area contributed by atoms with Crippen LogP contribution < -0.4 is 0 Å². The van der Waals surface area contributed by atoms with Gasteiger partial charge in [-0.2, -0.15) is 0 Å². The van der Waals surface area contributed by atoms with E-state index in [1.165, 1.54) is 16.7 Å². The highest BCUT2D eigenvalue weighted by molar-refractivity contribution is 9.09. The Balaban J connectivity index is 2.91. The van der Waals surface area contributed by atoms with Gasteiger partial charge in [0.2, 0.25) is 0 Å². The van der Waals surface area contributed by atoms with E-state index in [9.17, 15) is 0 Å². The fourth-order valence-electron chi connectivity index (χ4n) is 1.14. The van der Waals surface area contributed by atoms with Gasteiger partial charge in [-0.1, -0.05) is 57.4 Å². The molecule has 1 aromatic rings. The summed E-state index contributed by atoms with van der Waals surface area (Å²) in [5, 5.41) is 0. The van der Waals surface area contributed by atoms with E-state index < -0.39 is 0 Å². The third kappa shape index (κ3) is 3.35. The van der Waals surface area contributed by atoms with E-state index in [0.717, 1.165) is 0 Å². The van der Waals surface area contributed by atoms with Crippen LogP contribution >= 0.6 is 15.9 Å². The van der Waals surface area contributed by atoms with Crippen molar-refractivity contribution in [2.24, 2.45) is 0 Å². The largest absolute Gasteiger partial charge is 0.0845 e. The second-order valence-electron chi connectivity index (χ2n) is 3.42. The van der Waals surface area contributed by atoms with E-state index in [4.69, 9.17) is 0 Å². The zero-order valence-electron chi connectivity index (χ0n) is 8.34. The number of hydrogen-bond acceptors (Lipinski definition) is 0. The molecule has 0 aliphatic carbocycles. The molecule has 0 aliphatic heterocycles. The van der Waals surface area contributed by atoms with Crippen LogP contribution in [-0.2, 0) is 0 Å². The van der Waals surface area contributed by atoms with Crippen LogP contribution in [0.5, 0.6) is 0 Å². The molecule has 70 valence electrons. The first-order valence-electron chi connectivity index (χ1n) is 4.48. The molecule has 0 amide bonds. The molecule has 0 saturated heterocycles. The van der Waals surface area contributed by atoms with E-state index in [1.54, 1.807) is 0 Å². The number of hydrogen-bond donors (Lipinski definition) is 0. The molecule has 0 radical (unpaired) electrons. The third-order valence-corrected chi connectivity index (χ3v) is 2.79. The van der Waals surface area contributed by atoms with E-state index in [0.29, 0.717) is 4.83 Å². The van der Waals surface area contributed by atoms with Crippen molar-refractivity contribution in [2.75, 3.05) is 0 Å². The van der Waals surface area contributed by atoms with Gasteiger partial charge in [0.05, 0.1) is 0 Å². The Bertz CT molecular complexity index is 311. The predicted octanol–water partition coefficient (Wildman–Crippen LogP) is 4.18. The Morgan fingerprint density at radius 2 is 2.15 bits per heavy atom. The van der Waals surface area contributed by atoms with E-state index >= 15 is 0 Å². The molecule has 1 rings (SSSR count). The summed E-state index contributed by atoms with van der Waals surface area (Å²) in [4.78, 5) is 0.452. The van der Waals surface area contributed by atoms with Crippen molar-refractivity contribution in [3.8, 4) is 0 Å². The van der Waals surface area contributed by atoms with Crippen LogP contribution in [0.3, 0.4) is 0 Å². The molecule has 1 aromatic carbocycles. The highest BCUT2D eigenvalue weighted by Gasteiger charge is 1.97. The van der Waals surface area contributed by atoms with E-state index in [2.05, 4.69) is 67.0 Å². The maximum atomic E-state index is 3.55.